The zero-order valence-electron chi connectivity index (χ0n) is 16.5. The number of amides is 1. The van der Waals surface area contributed by atoms with Gasteiger partial charge in [0, 0.05) is 23.7 Å². The Hall–Kier alpha value is -3.81. The van der Waals surface area contributed by atoms with Crippen LogP contribution in [0.15, 0.2) is 54.1 Å². The first-order valence-electron chi connectivity index (χ1n) is 9.16. The molecule has 0 radical (unpaired) electrons. The van der Waals surface area contributed by atoms with Crippen LogP contribution in [-0.4, -0.2) is 53.5 Å². The molecule has 0 aromatic heterocycles. The molecule has 0 bridgehead atoms. The second kappa shape index (κ2) is 8.69. The normalized spacial score (nSPS) is 17.8. The second-order valence-corrected chi connectivity index (χ2v) is 6.61. The monoisotopic (exact) mass is 411 g/mol. The molecule has 8 nitrogen and oxygen atoms in total. The molecule has 1 aliphatic rings. The van der Waals surface area contributed by atoms with Crippen molar-refractivity contribution >= 4 is 23.4 Å². The van der Waals surface area contributed by atoms with Crippen LogP contribution in [0.1, 0.15) is 23.6 Å². The molecule has 156 valence electrons. The van der Waals surface area contributed by atoms with E-state index in [9.17, 15) is 19.5 Å². The number of hydrogen-bond acceptors (Lipinski definition) is 6. The van der Waals surface area contributed by atoms with Gasteiger partial charge in [0.2, 0.25) is 0 Å². The second-order valence-electron chi connectivity index (χ2n) is 6.61. The Kier molecular flexibility index (Phi) is 6.06. The Labute approximate surface area is 173 Å². The molecule has 2 aromatic carbocycles. The van der Waals surface area contributed by atoms with Gasteiger partial charge in [-0.2, -0.15) is 0 Å². The summed E-state index contributed by atoms with van der Waals surface area (Å²) in [6, 6.07) is 12.2. The van der Waals surface area contributed by atoms with Crippen LogP contribution >= 0.6 is 0 Å². The summed E-state index contributed by atoms with van der Waals surface area (Å²) in [6.07, 6.45) is -0.354. The Bertz CT molecular complexity index is 1010. The number of carboxylic acids is 1. The number of aliphatic carboxylic acids is 1. The average molecular weight is 411 g/mol. The van der Waals surface area contributed by atoms with Crippen molar-refractivity contribution in [3.63, 3.8) is 0 Å². The molecule has 1 unspecified atom stereocenters. The van der Waals surface area contributed by atoms with Crippen LogP contribution in [0.5, 0.6) is 11.5 Å². The summed E-state index contributed by atoms with van der Waals surface area (Å²) >= 11 is 0. The highest BCUT2D eigenvalue weighted by Gasteiger charge is 2.47. The van der Waals surface area contributed by atoms with Gasteiger partial charge in [-0.15, -0.1) is 0 Å². The van der Waals surface area contributed by atoms with Gasteiger partial charge in [0.1, 0.15) is 17.3 Å². The number of Topliss-reactive ketones (excluding diaryl/α,β-unsaturated/α-hetero) is 1. The molecular weight excluding hydrogens is 390 g/mol. The van der Waals surface area contributed by atoms with Gasteiger partial charge in [0.15, 0.2) is 0 Å². The average Bonchev–Trinajstić information content (AvgIpc) is 3.01. The molecule has 0 aliphatic carbocycles. The Morgan fingerprint density at radius 1 is 1.03 bits per heavy atom. The van der Waals surface area contributed by atoms with E-state index in [0.717, 1.165) is 4.90 Å². The molecule has 1 aliphatic heterocycles. The number of aliphatic hydroxyl groups is 1. The number of likely N-dealkylation sites (tertiary alicyclic amines) is 1. The fourth-order valence-electron chi connectivity index (χ4n) is 3.45. The quantitative estimate of drug-likeness (QED) is 0.409. The van der Waals surface area contributed by atoms with Gasteiger partial charge in [-0.25, -0.2) is 0 Å². The van der Waals surface area contributed by atoms with Crippen molar-refractivity contribution in [1.29, 1.82) is 0 Å². The van der Waals surface area contributed by atoms with Gasteiger partial charge in [0.05, 0.1) is 32.3 Å². The van der Waals surface area contributed by atoms with E-state index in [1.807, 2.05) is 0 Å². The summed E-state index contributed by atoms with van der Waals surface area (Å²) in [5, 5.41) is 20.0. The number of carbonyl (C=O) groups is 3. The molecule has 1 heterocycles. The first-order valence-corrected chi connectivity index (χ1v) is 9.16. The molecule has 2 aromatic rings. The van der Waals surface area contributed by atoms with Crippen molar-refractivity contribution in [2.24, 2.45) is 0 Å². The molecule has 0 spiro atoms. The van der Waals surface area contributed by atoms with E-state index >= 15 is 0 Å². The predicted molar refractivity (Wildman–Crippen MR) is 107 cm³/mol. The van der Waals surface area contributed by atoms with E-state index < -0.39 is 23.7 Å². The van der Waals surface area contributed by atoms with Gasteiger partial charge in [0.25, 0.3) is 11.7 Å². The van der Waals surface area contributed by atoms with E-state index in [0.29, 0.717) is 22.6 Å². The lowest BCUT2D eigenvalue weighted by Crippen LogP contribution is -2.32. The van der Waals surface area contributed by atoms with Gasteiger partial charge >= 0.3 is 5.97 Å². The summed E-state index contributed by atoms with van der Waals surface area (Å²) in [6.45, 7) is -0.203. The molecule has 1 saturated heterocycles. The standard InChI is InChI=1S/C22H21NO7/c1-29-14-8-9-15(16(12-14)30-2)19-18(20(26)13-6-4-3-5-7-13)21(27)22(28)23(19)11-10-17(24)25/h3-9,12,19,26H,10-11H2,1-2H3,(H,24,25)/b20-18-. The fraction of sp³-hybridized carbons (Fsp3) is 0.227. The van der Waals surface area contributed by atoms with Crippen LogP contribution in [-0.2, 0) is 14.4 Å². The Morgan fingerprint density at radius 3 is 2.33 bits per heavy atom. The highest BCUT2D eigenvalue weighted by atomic mass is 16.5. The SMILES string of the molecule is COc1ccc(C2/C(=C(/O)c3ccccc3)C(=O)C(=O)N2CCC(=O)O)c(OC)c1. The minimum atomic E-state index is -1.11. The largest absolute Gasteiger partial charge is 0.507 e. The smallest absolute Gasteiger partial charge is 0.305 e. The number of ether oxygens (including phenoxy) is 2. The van der Waals surface area contributed by atoms with Crippen molar-refractivity contribution in [3.8, 4) is 11.5 Å². The minimum absolute atomic E-state index is 0.125. The van der Waals surface area contributed by atoms with E-state index in [2.05, 4.69) is 0 Å². The van der Waals surface area contributed by atoms with E-state index in [1.165, 1.54) is 14.2 Å². The molecule has 8 heteroatoms. The van der Waals surface area contributed by atoms with Crippen LogP contribution in [0.25, 0.3) is 5.76 Å². The topological polar surface area (TPSA) is 113 Å². The number of benzene rings is 2. The Balaban J connectivity index is 2.21. The summed E-state index contributed by atoms with van der Waals surface area (Å²) in [5.74, 6) is -2.38. The van der Waals surface area contributed by atoms with Crippen molar-refractivity contribution in [3.05, 3.63) is 65.2 Å². The maximum Gasteiger partial charge on any atom is 0.305 e. The summed E-state index contributed by atoms with van der Waals surface area (Å²) < 4.78 is 10.6. The first-order chi connectivity index (χ1) is 14.4. The van der Waals surface area contributed by atoms with Crippen molar-refractivity contribution in [1.82, 2.24) is 4.90 Å². The van der Waals surface area contributed by atoms with Gasteiger partial charge in [-0.3, -0.25) is 14.4 Å². The minimum Gasteiger partial charge on any atom is -0.507 e. The van der Waals surface area contributed by atoms with E-state index in [4.69, 9.17) is 14.6 Å². The maximum absolute atomic E-state index is 12.9. The number of rotatable bonds is 7. The van der Waals surface area contributed by atoms with Crippen LogP contribution < -0.4 is 9.47 Å². The number of ketones is 1. The molecule has 2 N–H and O–H groups in total. The van der Waals surface area contributed by atoms with Gasteiger partial charge in [-0.1, -0.05) is 30.3 Å². The van der Waals surface area contributed by atoms with E-state index in [-0.39, 0.29) is 24.3 Å². The lowest BCUT2D eigenvalue weighted by Gasteiger charge is -2.26. The van der Waals surface area contributed by atoms with Crippen LogP contribution in [0.3, 0.4) is 0 Å². The predicted octanol–water partition coefficient (Wildman–Crippen LogP) is 2.60. The Morgan fingerprint density at radius 2 is 1.73 bits per heavy atom. The molecule has 1 atom stereocenters. The third-order valence-electron chi connectivity index (χ3n) is 4.89. The summed E-state index contributed by atoms with van der Waals surface area (Å²) in [5.41, 5.74) is 0.673. The van der Waals surface area contributed by atoms with Crippen molar-refractivity contribution < 1.29 is 34.1 Å². The van der Waals surface area contributed by atoms with Crippen LogP contribution in [0.4, 0.5) is 0 Å². The van der Waals surface area contributed by atoms with Crippen molar-refractivity contribution in [2.45, 2.75) is 12.5 Å². The summed E-state index contributed by atoms with van der Waals surface area (Å²) in [4.78, 5) is 37.9. The number of hydrogen-bond donors (Lipinski definition) is 2. The highest BCUT2D eigenvalue weighted by Crippen LogP contribution is 2.43. The summed E-state index contributed by atoms with van der Waals surface area (Å²) in [7, 11) is 2.92. The van der Waals surface area contributed by atoms with Gasteiger partial charge in [-0.05, 0) is 12.1 Å². The first kappa shape index (κ1) is 20.9. The highest BCUT2D eigenvalue weighted by molar-refractivity contribution is 6.46. The zero-order valence-corrected chi connectivity index (χ0v) is 16.5. The molecule has 0 saturated carbocycles. The van der Waals surface area contributed by atoms with Gasteiger partial charge < -0.3 is 24.6 Å². The maximum atomic E-state index is 12.9. The number of aliphatic hydroxyl groups excluding tert-OH is 1. The number of nitrogens with zero attached hydrogens (tertiary/aromatic N) is 1. The third-order valence-corrected chi connectivity index (χ3v) is 4.89. The van der Waals surface area contributed by atoms with Crippen molar-refractivity contribution in [2.75, 3.05) is 20.8 Å². The number of carbonyl (C=O) groups excluding carboxylic acids is 2. The molecule has 30 heavy (non-hydrogen) atoms. The third kappa shape index (κ3) is 3.84. The number of methoxy groups -OCH3 is 2. The fourth-order valence-corrected chi connectivity index (χ4v) is 3.45. The molecular formula is C22H21NO7. The van der Waals surface area contributed by atoms with E-state index in [1.54, 1.807) is 48.5 Å². The molecule has 1 fully saturated rings. The van der Waals surface area contributed by atoms with Crippen LogP contribution in [0.2, 0.25) is 0 Å². The van der Waals surface area contributed by atoms with Crippen LogP contribution in [0, 0.1) is 0 Å². The lowest BCUT2D eigenvalue weighted by molar-refractivity contribution is -0.142. The molecule has 1 amide bonds. The lowest BCUT2D eigenvalue weighted by atomic mass is 9.94. The zero-order chi connectivity index (χ0) is 21.8. The number of carboxylic acid groups (broad SMARTS) is 1. The molecule has 3 rings (SSSR count).